The lowest BCUT2D eigenvalue weighted by Crippen LogP contribution is -2.41. The van der Waals surface area contributed by atoms with Gasteiger partial charge in [-0.05, 0) is 49.7 Å². The van der Waals surface area contributed by atoms with Crippen molar-refractivity contribution in [1.82, 2.24) is 4.72 Å². The molecule has 0 saturated carbocycles. The first-order chi connectivity index (χ1) is 11.7. The van der Waals surface area contributed by atoms with Crippen molar-refractivity contribution in [3.63, 3.8) is 0 Å². The van der Waals surface area contributed by atoms with E-state index >= 15 is 0 Å². The lowest BCUT2D eigenvalue weighted by molar-refractivity contribution is -0.117. The Hall–Kier alpha value is -2.09. The molecule has 2 rings (SSSR count). The zero-order chi connectivity index (χ0) is 18.6. The minimum absolute atomic E-state index is 0.0585. The van der Waals surface area contributed by atoms with Crippen molar-refractivity contribution >= 4 is 33.2 Å². The molecule has 0 aliphatic carbocycles. The first-order valence-corrected chi connectivity index (χ1v) is 9.33. The van der Waals surface area contributed by atoms with Crippen LogP contribution in [0, 0.1) is 6.92 Å². The SMILES string of the molecule is COc1ccc(S(=O)(=O)N[C@H](C)C(=O)Nc2ccccc2Cl)cc1C. The zero-order valence-corrected chi connectivity index (χ0v) is 15.6. The van der Waals surface area contributed by atoms with Gasteiger partial charge in [-0.25, -0.2) is 8.42 Å². The number of methoxy groups -OCH3 is 1. The molecule has 25 heavy (non-hydrogen) atoms. The summed E-state index contributed by atoms with van der Waals surface area (Å²) in [5.74, 6) is 0.0744. The molecule has 0 radical (unpaired) electrons. The Morgan fingerprint density at radius 1 is 1.20 bits per heavy atom. The number of carbonyl (C=O) groups is 1. The Balaban J connectivity index is 2.12. The van der Waals surface area contributed by atoms with Crippen molar-refractivity contribution in [3.8, 4) is 5.75 Å². The third-order valence-electron chi connectivity index (χ3n) is 3.53. The van der Waals surface area contributed by atoms with Crippen LogP contribution in [0.3, 0.4) is 0 Å². The second-order valence-electron chi connectivity index (χ2n) is 5.44. The van der Waals surface area contributed by atoms with Crippen LogP contribution in [0.2, 0.25) is 5.02 Å². The molecule has 8 heteroatoms. The fourth-order valence-electron chi connectivity index (χ4n) is 2.18. The van der Waals surface area contributed by atoms with E-state index in [4.69, 9.17) is 16.3 Å². The summed E-state index contributed by atoms with van der Waals surface area (Å²) in [6.07, 6.45) is 0. The molecule has 0 saturated heterocycles. The molecule has 0 unspecified atom stereocenters. The number of para-hydroxylation sites is 1. The van der Waals surface area contributed by atoms with E-state index in [9.17, 15) is 13.2 Å². The Morgan fingerprint density at radius 2 is 1.88 bits per heavy atom. The molecule has 0 aromatic heterocycles. The number of aryl methyl sites for hydroxylation is 1. The fraction of sp³-hybridized carbons (Fsp3) is 0.235. The van der Waals surface area contributed by atoms with Crippen molar-refractivity contribution in [1.29, 1.82) is 0 Å². The standard InChI is InChI=1S/C17H19ClN2O4S/c1-11-10-13(8-9-16(11)24-3)25(22,23)20-12(2)17(21)19-15-7-5-4-6-14(15)18/h4-10,12,20H,1-3H3,(H,19,21)/t12-/m1/s1. The number of benzene rings is 2. The molecule has 2 N–H and O–H groups in total. The van der Waals surface area contributed by atoms with E-state index in [2.05, 4.69) is 10.0 Å². The number of hydrogen-bond donors (Lipinski definition) is 2. The summed E-state index contributed by atoms with van der Waals surface area (Å²) in [6, 6.07) is 10.2. The minimum atomic E-state index is -3.85. The van der Waals surface area contributed by atoms with Crippen LogP contribution in [0.4, 0.5) is 5.69 Å². The van der Waals surface area contributed by atoms with E-state index in [1.54, 1.807) is 37.3 Å². The second kappa shape index (κ2) is 7.86. The van der Waals surface area contributed by atoms with Crippen molar-refractivity contribution in [2.75, 3.05) is 12.4 Å². The average molecular weight is 383 g/mol. The summed E-state index contributed by atoms with van der Waals surface area (Å²) in [5, 5.41) is 2.97. The maximum Gasteiger partial charge on any atom is 0.242 e. The van der Waals surface area contributed by atoms with Gasteiger partial charge in [0.25, 0.3) is 0 Å². The lowest BCUT2D eigenvalue weighted by atomic mass is 10.2. The molecule has 0 aliphatic heterocycles. The van der Waals surface area contributed by atoms with Gasteiger partial charge < -0.3 is 10.1 Å². The number of sulfonamides is 1. The Kier molecular flexibility index (Phi) is 6.05. The summed E-state index contributed by atoms with van der Waals surface area (Å²) in [4.78, 5) is 12.3. The van der Waals surface area contributed by atoms with Gasteiger partial charge in [0.1, 0.15) is 5.75 Å². The number of halogens is 1. The van der Waals surface area contributed by atoms with Gasteiger partial charge in [-0.1, -0.05) is 23.7 Å². The third-order valence-corrected chi connectivity index (χ3v) is 5.40. The van der Waals surface area contributed by atoms with Crippen molar-refractivity contribution in [3.05, 3.63) is 53.1 Å². The number of hydrogen-bond acceptors (Lipinski definition) is 4. The van der Waals surface area contributed by atoms with E-state index in [1.807, 2.05) is 0 Å². The van der Waals surface area contributed by atoms with Crippen LogP contribution in [0.5, 0.6) is 5.75 Å². The monoisotopic (exact) mass is 382 g/mol. The zero-order valence-electron chi connectivity index (χ0n) is 14.0. The molecular formula is C17H19ClN2O4S. The molecule has 0 heterocycles. The summed E-state index contributed by atoms with van der Waals surface area (Å²) in [7, 11) is -2.34. The van der Waals surface area contributed by atoms with Gasteiger partial charge in [-0.15, -0.1) is 0 Å². The van der Waals surface area contributed by atoms with Crippen molar-refractivity contribution in [2.24, 2.45) is 0 Å². The number of rotatable bonds is 6. The smallest absolute Gasteiger partial charge is 0.242 e. The molecule has 0 spiro atoms. The van der Waals surface area contributed by atoms with Crippen LogP contribution in [-0.4, -0.2) is 27.5 Å². The number of anilines is 1. The van der Waals surface area contributed by atoms with Crippen molar-refractivity contribution in [2.45, 2.75) is 24.8 Å². The van der Waals surface area contributed by atoms with Crippen LogP contribution in [-0.2, 0) is 14.8 Å². The highest BCUT2D eigenvalue weighted by atomic mass is 35.5. The fourth-order valence-corrected chi connectivity index (χ4v) is 3.65. The van der Waals surface area contributed by atoms with Crippen LogP contribution in [0.25, 0.3) is 0 Å². The largest absolute Gasteiger partial charge is 0.496 e. The molecule has 1 atom stereocenters. The van der Waals surface area contributed by atoms with Crippen LogP contribution < -0.4 is 14.8 Å². The minimum Gasteiger partial charge on any atom is -0.496 e. The number of amides is 1. The Bertz CT molecular complexity index is 884. The third kappa shape index (κ3) is 4.72. The van der Waals surface area contributed by atoms with Crippen LogP contribution >= 0.6 is 11.6 Å². The number of ether oxygens (including phenoxy) is 1. The van der Waals surface area contributed by atoms with Gasteiger partial charge in [-0.3, -0.25) is 4.79 Å². The molecule has 6 nitrogen and oxygen atoms in total. The highest BCUT2D eigenvalue weighted by Gasteiger charge is 2.23. The predicted octanol–water partition coefficient (Wildman–Crippen LogP) is 2.96. The average Bonchev–Trinajstić information content (AvgIpc) is 2.56. The molecular weight excluding hydrogens is 364 g/mol. The molecule has 0 aliphatic rings. The number of carbonyl (C=O) groups excluding carboxylic acids is 1. The van der Waals surface area contributed by atoms with Crippen LogP contribution in [0.1, 0.15) is 12.5 Å². The second-order valence-corrected chi connectivity index (χ2v) is 7.56. The Labute approximate surface area is 152 Å². The highest BCUT2D eigenvalue weighted by molar-refractivity contribution is 7.89. The maximum atomic E-state index is 12.5. The van der Waals surface area contributed by atoms with E-state index in [-0.39, 0.29) is 4.90 Å². The van der Waals surface area contributed by atoms with E-state index < -0.39 is 22.0 Å². The predicted molar refractivity (Wildman–Crippen MR) is 97.6 cm³/mol. The molecule has 0 fully saturated rings. The van der Waals surface area contributed by atoms with E-state index in [1.165, 1.54) is 26.2 Å². The molecule has 2 aromatic carbocycles. The van der Waals surface area contributed by atoms with Crippen LogP contribution in [0.15, 0.2) is 47.4 Å². The van der Waals surface area contributed by atoms with Gasteiger partial charge >= 0.3 is 0 Å². The van der Waals surface area contributed by atoms with Crippen molar-refractivity contribution < 1.29 is 17.9 Å². The van der Waals surface area contributed by atoms with E-state index in [0.29, 0.717) is 22.0 Å². The molecule has 2 aromatic rings. The van der Waals surface area contributed by atoms with Gasteiger partial charge in [0.15, 0.2) is 0 Å². The molecule has 0 bridgehead atoms. The first-order valence-electron chi connectivity index (χ1n) is 7.47. The highest BCUT2D eigenvalue weighted by Crippen LogP contribution is 2.22. The van der Waals surface area contributed by atoms with Gasteiger partial charge in [-0.2, -0.15) is 4.72 Å². The Morgan fingerprint density at radius 3 is 2.48 bits per heavy atom. The topological polar surface area (TPSA) is 84.5 Å². The molecule has 134 valence electrons. The van der Waals surface area contributed by atoms with Gasteiger partial charge in [0.05, 0.1) is 28.8 Å². The number of nitrogens with one attached hydrogen (secondary N) is 2. The molecule has 1 amide bonds. The summed E-state index contributed by atoms with van der Waals surface area (Å²) >= 11 is 5.98. The normalized spacial score (nSPS) is 12.5. The maximum absolute atomic E-state index is 12.5. The van der Waals surface area contributed by atoms with Gasteiger partial charge in [0, 0.05) is 0 Å². The van der Waals surface area contributed by atoms with E-state index in [0.717, 1.165) is 0 Å². The lowest BCUT2D eigenvalue weighted by Gasteiger charge is -2.15. The summed E-state index contributed by atoms with van der Waals surface area (Å²) < 4.78 is 32.4. The quantitative estimate of drug-likeness (QED) is 0.804. The first kappa shape index (κ1) is 19.2. The summed E-state index contributed by atoms with van der Waals surface area (Å²) in [6.45, 7) is 3.20. The summed E-state index contributed by atoms with van der Waals surface area (Å²) in [5.41, 5.74) is 1.10. The van der Waals surface area contributed by atoms with Gasteiger partial charge in [0.2, 0.25) is 15.9 Å².